The molecule has 0 atom stereocenters. The number of hydrogen-bond donors (Lipinski definition) is 0. The fourth-order valence-electron chi connectivity index (χ4n) is 2.82. The van der Waals surface area contributed by atoms with E-state index in [1.54, 1.807) is 0 Å². The van der Waals surface area contributed by atoms with Gasteiger partial charge < -0.3 is 9.47 Å². The molecule has 26 heavy (non-hydrogen) atoms. The summed E-state index contributed by atoms with van der Waals surface area (Å²) >= 11 is 0. The van der Waals surface area contributed by atoms with Crippen LogP contribution in [0.5, 0.6) is 5.75 Å². The Bertz CT molecular complexity index is 637. The van der Waals surface area contributed by atoms with Crippen LogP contribution in [0.2, 0.25) is 0 Å². The standard InChI is InChI=1S/C18H20F4O4/c19-17-13(18(20,21)22)7-4-8-14(17)26-16(24)10-9-15(23)25-11-12-5-2-1-3-6-12/h4,7-8,12H,1-3,5-6,9-11H2. The fraction of sp³-hybridized carbons (Fsp3) is 0.556. The molecule has 0 N–H and O–H groups in total. The van der Waals surface area contributed by atoms with Gasteiger partial charge in [-0.15, -0.1) is 0 Å². The van der Waals surface area contributed by atoms with E-state index in [1.165, 1.54) is 6.42 Å². The average Bonchev–Trinajstić information content (AvgIpc) is 2.60. The minimum absolute atomic E-state index is 0.272. The smallest absolute Gasteiger partial charge is 0.419 e. The van der Waals surface area contributed by atoms with Crippen molar-refractivity contribution in [3.05, 3.63) is 29.6 Å². The van der Waals surface area contributed by atoms with Crippen LogP contribution in [0.3, 0.4) is 0 Å². The Hall–Kier alpha value is -2.12. The summed E-state index contributed by atoms with van der Waals surface area (Å²) in [5.74, 6) is -3.73. The topological polar surface area (TPSA) is 52.6 Å². The molecule has 1 saturated carbocycles. The normalized spacial score (nSPS) is 15.5. The molecule has 1 aromatic rings. The first-order valence-corrected chi connectivity index (χ1v) is 8.49. The average molecular weight is 376 g/mol. The van der Waals surface area contributed by atoms with Crippen LogP contribution in [0, 0.1) is 11.7 Å². The van der Waals surface area contributed by atoms with E-state index in [4.69, 9.17) is 4.74 Å². The number of ether oxygens (including phenoxy) is 2. The molecule has 144 valence electrons. The minimum Gasteiger partial charge on any atom is -0.465 e. The summed E-state index contributed by atoms with van der Waals surface area (Å²) in [4.78, 5) is 23.3. The third-order valence-corrected chi connectivity index (χ3v) is 4.23. The van der Waals surface area contributed by atoms with Crippen molar-refractivity contribution >= 4 is 11.9 Å². The molecule has 0 spiro atoms. The zero-order valence-electron chi connectivity index (χ0n) is 14.1. The van der Waals surface area contributed by atoms with Crippen LogP contribution in [-0.4, -0.2) is 18.5 Å². The highest BCUT2D eigenvalue weighted by atomic mass is 19.4. The molecule has 0 radical (unpaired) electrons. The summed E-state index contributed by atoms with van der Waals surface area (Å²) in [5, 5.41) is 0. The van der Waals surface area contributed by atoms with E-state index < -0.39 is 41.7 Å². The zero-order chi connectivity index (χ0) is 19.2. The lowest BCUT2D eigenvalue weighted by Gasteiger charge is -2.20. The van der Waals surface area contributed by atoms with Crippen molar-refractivity contribution in [1.29, 1.82) is 0 Å². The lowest BCUT2D eigenvalue weighted by Crippen LogP contribution is -2.18. The van der Waals surface area contributed by atoms with Crippen LogP contribution in [0.15, 0.2) is 18.2 Å². The largest absolute Gasteiger partial charge is 0.465 e. The zero-order valence-corrected chi connectivity index (χ0v) is 14.1. The van der Waals surface area contributed by atoms with Crippen molar-refractivity contribution in [2.24, 2.45) is 5.92 Å². The van der Waals surface area contributed by atoms with Crippen LogP contribution in [0.1, 0.15) is 50.5 Å². The van der Waals surface area contributed by atoms with Gasteiger partial charge in [-0.05, 0) is 30.9 Å². The molecule has 1 fully saturated rings. The van der Waals surface area contributed by atoms with Gasteiger partial charge in [0.2, 0.25) is 0 Å². The Labute approximate surface area is 148 Å². The number of carbonyl (C=O) groups is 2. The summed E-state index contributed by atoms with van der Waals surface area (Å²) in [7, 11) is 0. The fourth-order valence-corrected chi connectivity index (χ4v) is 2.82. The van der Waals surface area contributed by atoms with Crippen LogP contribution in [0.25, 0.3) is 0 Å². The SMILES string of the molecule is O=C(CCC(=O)Oc1cccc(C(F)(F)F)c1F)OCC1CCCCC1. The van der Waals surface area contributed by atoms with Crippen molar-refractivity contribution < 1.29 is 36.6 Å². The van der Waals surface area contributed by atoms with E-state index in [0.29, 0.717) is 18.6 Å². The molecule has 1 aliphatic rings. The van der Waals surface area contributed by atoms with E-state index in [9.17, 15) is 27.2 Å². The highest BCUT2D eigenvalue weighted by Crippen LogP contribution is 2.34. The van der Waals surface area contributed by atoms with Gasteiger partial charge in [0.05, 0.1) is 25.0 Å². The monoisotopic (exact) mass is 376 g/mol. The predicted molar refractivity (Wildman–Crippen MR) is 83.8 cm³/mol. The molecule has 0 heterocycles. The maximum atomic E-state index is 13.8. The summed E-state index contributed by atoms with van der Waals surface area (Å²) in [6.07, 6.45) is -0.161. The lowest BCUT2D eigenvalue weighted by molar-refractivity contribution is -0.148. The minimum atomic E-state index is -4.89. The first kappa shape index (κ1) is 20.2. The van der Waals surface area contributed by atoms with Gasteiger partial charge in [-0.25, -0.2) is 4.39 Å². The third-order valence-electron chi connectivity index (χ3n) is 4.23. The second-order valence-corrected chi connectivity index (χ2v) is 6.28. The highest BCUT2D eigenvalue weighted by molar-refractivity contribution is 5.79. The van der Waals surface area contributed by atoms with Gasteiger partial charge in [-0.1, -0.05) is 25.3 Å². The van der Waals surface area contributed by atoms with E-state index in [1.807, 2.05) is 0 Å². The Balaban J connectivity index is 1.79. The Morgan fingerprint density at radius 1 is 1.04 bits per heavy atom. The second kappa shape index (κ2) is 9.00. The summed E-state index contributed by atoms with van der Waals surface area (Å²) in [6, 6.07) is 2.41. The summed E-state index contributed by atoms with van der Waals surface area (Å²) in [5.41, 5.74) is -1.52. The van der Waals surface area contributed by atoms with Gasteiger partial charge in [0.25, 0.3) is 0 Å². The van der Waals surface area contributed by atoms with Gasteiger partial charge in [0.15, 0.2) is 11.6 Å². The number of carbonyl (C=O) groups excluding carboxylic acids is 2. The summed E-state index contributed by atoms with van der Waals surface area (Å²) in [6.45, 7) is 0.302. The summed E-state index contributed by atoms with van der Waals surface area (Å²) < 4.78 is 61.3. The maximum Gasteiger partial charge on any atom is 0.419 e. The van der Waals surface area contributed by atoms with Gasteiger partial charge in [-0.3, -0.25) is 9.59 Å². The van der Waals surface area contributed by atoms with E-state index >= 15 is 0 Å². The van der Waals surface area contributed by atoms with Crippen molar-refractivity contribution in [2.45, 2.75) is 51.1 Å². The van der Waals surface area contributed by atoms with Gasteiger partial charge in [-0.2, -0.15) is 13.2 Å². The molecule has 0 saturated heterocycles. The molecule has 0 unspecified atom stereocenters. The Kier molecular flexibility index (Phi) is 6.99. The molecule has 8 heteroatoms. The number of halogens is 4. The molecular weight excluding hydrogens is 356 g/mol. The molecule has 0 aromatic heterocycles. The number of benzene rings is 1. The number of rotatable bonds is 6. The molecule has 2 rings (SSSR count). The van der Waals surface area contributed by atoms with Gasteiger partial charge in [0.1, 0.15) is 0 Å². The highest BCUT2D eigenvalue weighted by Gasteiger charge is 2.35. The molecular formula is C18H20F4O4. The Morgan fingerprint density at radius 2 is 1.69 bits per heavy atom. The van der Waals surface area contributed by atoms with E-state index in [0.717, 1.165) is 37.8 Å². The molecule has 1 aromatic carbocycles. The maximum absolute atomic E-state index is 13.8. The Morgan fingerprint density at radius 3 is 2.35 bits per heavy atom. The first-order valence-electron chi connectivity index (χ1n) is 8.49. The quantitative estimate of drug-likeness (QED) is 0.412. The van der Waals surface area contributed by atoms with Crippen molar-refractivity contribution in [2.75, 3.05) is 6.61 Å². The number of esters is 2. The predicted octanol–water partition coefficient (Wildman–Crippen LogP) is 4.65. The number of hydrogen-bond acceptors (Lipinski definition) is 4. The first-order chi connectivity index (χ1) is 12.3. The molecule has 0 bridgehead atoms. The van der Waals surface area contributed by atoms with Gasteiger partial charge in [0, 0.05) is 0 Å². The van der Waals surface area contributed by atoms with E-state index in [2.05, 4.69) is 4.74 Å². The molecule has 1 aliphatic carbocycles. The second-order valence-electron chi connectivity index (χ2n) is 6.28. The van der Waals surface area contributed by atoms with Crippen LogP contribution >= 0.6 is 0 Å². The van der Waals surface area contributed by atoms with E-state index in [-0.39, 0.29) is 6.42 Å². The molecule has 0 aliphatic heterocycles. The van der Waals surface area contributed by atoms with Crippen molar-refractivity contribution in [3.63, 3.8) is 0 Å². The van der Waals surface area contributed by atoms with Crippen LogP contribution < -0.4 is 4.74 Å². The number of alkyl halides is 3. The van der Waals surface area contributed by atoms with Gasteiger partial charge >= 0.3 is 18.1 Å². The molecule has 0 amide bonds. The lowest BCUT2D eigenvalue weighted by atomic mass is 9.90. The third kappa shape index (κ3) is 6.00. The van der Waals surface area contributed by atoms with Crippen LogP contribution in [-0.2, 0) is 20.5 Å². The van der Waals surface area contributed by atoms with Crippen molar-refractivity contribution in [1.82, 2.24) is 0 Å². The molecule has 4 nitrogen and oxygen atoms in total. The van der Waals surface area contributed by atoms with Crippen LogP contribution in [0.4, 0.5) is 17.6 Å². The van der Waals surface area contributed by atoms with Crippen molar-refractivity contribution in [3.8, 4) is 5.75 Å².